The van der Waals surface area contributed by atoms with E-state index in [0.29, 0.717) is 37.9 Å². The highest BCUT2D eigenvalue weighted by molar-refractivity contribution is 5.69. The number of rotatable bonds is 7. The van der Waals surface area contributed by atoms with Crippen LogP contribution in [0.15, 0.2) is 12.4 Å². The van der Waals surface area contributed by atoms with E-state index in [9.17, 15) is 4.79 Å². The lowest BCUT2D eigenvalue weighted by molar-refractivity contribution is -0.142. The van der Waals surface area contributed by atoms with Gasteiger partial charge in [0.2, 0.25) is 5.88 Å². The van der Waals surface area contributed by atoms with E-state index in [0.717, 1.165) is 0 Å². The average Bonchev–Trinajstić information content (AvgIpc) is 2.30. The molecule has 0 bridgehead atoms. The van der Waals surface area contributed by atoms with Crippen molar-refractivity contribution in [3.63, 3.8) is 0 Å². The van der Waals surface area contributed by atoms with Crippen molar-refractivity contribution in [3.05, 3.63) is 12.4 Å². The molecule has 0 radical (unpaired) electrons. The number of nitrogens with zero attached hydrogens (tertiary/aromatic N) is 2. The normalized spacial score (nSPS) is 9.76. The molecule has 0 saturated heterocycles. The Labute approximate surface area is 100 Å². The van der Waals surface area contributed by atoms with Crippen LogP contribution in [-0.4, -0.2) is 35.7 Å². The Bertz CT molecular complexity index is 358. The Morgan fingerprint density at radius 2 is 2.18 bits per heavy atom. The van der Waals surface area contributed by atoms with Gasteiger partial charge in [0.05, 0.1) is 19.6 Å². The van der Waals surface area contributed by atoms with Crippen molar-refractivity contribution in [1.29, 1.82) is 0 Å². The molecule has 1 N–H and O–H groups in total. The molecule has 0 aliphatic carbocycles. The second-order valence-corrected chi connectivity index (χ2v) is 3.16. The van der Waals surface area contributed by atoms with Crippen LogP contribution in [0.1, 0.15) is 20.3 Å². The topological polar surface area (TPSA) is 73.3 Å². The van der Waals surface area contributed by atoms with E-state index in [4.69, 9.17) is 9.47 Å². The number of ether oxygens (including phenoxy) is 2. The number of carbonyl (C=O) groups excluding carboxylic acids is 1. The third-order valence-electron chi connectivity index (χ3n) is 1.87. The van der Waals surface area contributed by atoms with E-state index in [1.165, 1.54) is 6.33 Å². The molecular weight excluding hydrogens is 222 g/mol. The van der Waals surface area contributed by atoms with E-state index in [1.807, 2.05) is 6.92 Å². The summed E-state index contributed by atoms with van der Waals surface area (Å²) < 4.78 is 10.0. The number of nitrogens with one attached hydrogen (secondary N) is 1. The van der Waals surface area contributed by atoms with Gasteiger partial charge in [0.1, 0.15) is 12.1 Å². The number of esters is 1. The molecule has 0 spiro atoms. The summed E-state index contributed by atoms with van der Waals surface area (Å²) >= 11 is 0. The first-order chi connectivity index (χ1) is 8.26. The molecule has 17 heavy (non-hydrogen) atoms. The summed E-state index contributed by atoms with van der Waals surface area (Å²) in [6, 6.07) is 1.69. The zero-order valence-corrected chi connectivity index (χ0v) is 10.1. The highest BCUT2D eigenvalue weighted by Gasteiger charge is 2.02. The predicted molar refractivity (Wildman–Crippen MR) is 62.9 cm³/mol. The van der Waals surface area contributed by atoms with Crippen molar-refractivity contribution in [2.45, 2.75) is 20.3 Å². The molecule has 1 rings (SSSR count). The van der Waals surface area contributed by atoms with Gasteiger partial charge in [0.15, 0.2) is 0 Å². The largest absolute Gasteiger partial charge is 0.478 e. The van der Waals surface area contributed by atoms with Crippen molar-refractivity contribution in [2.75, 3.05) is 25.1 Å². The zero-order chi connectivity index (χ0) is 12.5. The highest BCUT2D eigenvalue weighted by Crippen LogP contribution is 2.10. The van der Waals surface area contributed by atoms with Gasteiger partial charge in [-0.3, -0.25) is 4.79 Å². The van der Waals surface area contributed by atoms with E-state index >= 15 is 0 Å². The second kappa shape index (κ2) is 7.43. The van der Waals surface area contributed by atoms with Gasteiger partial charge in [-0.25, -0.2) is 9.97 Å². The molecule has 0 amide bonds. The minimum atomic E-state index is -0.223. The van der Waals surface area contributed by atoms with Gasteiger partial charge >= 0.3 is 5.97 Å². The Hall–Kier alpha value is -1.85. The molecule has 0 fully saturated rings. The van der Waals surface area contributed by atoms with Crippen LogP contribution in [0.2, 0.25) is 0 Å². The van der Waals surface area contributed by atoms with Gasteiger partial charge < -0.3 is 14.8 Å². The van der Waals surface area contributed by atoms with Crippen LogP contribution in [0.3, 0.4) is 0 Å². The first kappa shape index (κ1) is 13.2. The lowest BCUT2D eigenvalue weighted by Crippen LogP contribution is -2.12. The van der Waals surface area contributed by atoms with Crippen LogP contribution >= 0.6 is 0 Å². The molecule has 6 heteroatoms. The van der Waals surface area contributed by atoms with Crippen molar-refractivity contribution in [1.82, 2.24) is 9.97 Å². The van der Waals surface area contributed by atoms with E-state index in [-0.39, 0.29) is 5.97 Å². The lowest BCUT2D eigenvalue weighted by Gasteiger charge is -2.06. The van der Waals surface area contributed by atoms with Gasteiger partial charge in [-0.05, 0) is 13.8 Å². The van der Waals surface area contributed by atoms with Crippen LogP contribution in [0.4, 0.5) is 5.82 Å². The van der Waals surface area contributed by atoms with E-state index < -0.39 is 0 Å². The predicted octanol–water partition coefficient (Wildman–Crippen LogP) is 1.24. The SMILES string of the molecule is CCOC(=O)CCNc1cc(OCC)ncn1. The first-order valence-electron chi connectivity index (χ1n) is 5.60. The summed E-state index contributed by atoms with van der Waals surface area (Å²) in [4.78, 5) is 19.0. The Morgan fingerprint density at radius 3 is 2.88 bits per heavy atom. The fraction of sp³-hybridized carbons (Fsp3) is 0.545. The molecule has 0 unspecified atom stereocenters. The van der Waals surface area contributed by atoms with Gasteiger partial charge in [0.25, 0.3) is 0 Å². The summed E-state index contributed by atoms with van der Waals surface area (Å²) in [5.41, 5.74) is 0. The van der Waals surface area contributed by atoms with Crippen LogP contribution in [0.5, 0.6) is 5.88 Å². The number of anilines is 1. The van der Waals surface area contributed by atoms with Crippen molar-refractivity contribution in [3.8, 4) is 5.88 Å². The maximum atomic E-state index is 11.1. The smallest absolute Gasteiger partial charge is 0.307 e. The number of aromatic nitrogens is 2. The Morgan fingerprint density at radius 1 is 1.35 bits per heavy atom. The van der Waals surface area contributed by atoms with E-state index in [2.05, 4.69) is 15.3 Å². The molecule has 0 aliphatic rings. The van der Waals surface area contributed by atoms with Crippen LogP contribution in [0, 0.1) is 0 Å². The molecule has 1 heterocycles. The monoisotopic (exact) mass is 239 g/mol. The van der Waals surface area contributed by atoms with Gasteiger partial charge in [-0.1, -0.05) is 0 Å². The number of hydrogen-bond acceptors (Lipinski definition) is 6. The molecule has 94 valence electrons. The molecule has 1 aromatic rings. The number of carbonyl (C=O) groups is 1. The average molecular weight is 239 g/mol. The summed E-state index contributed by atoms with van der Waals surface area (Å²) in [6.07, 6.45) is 1.72. The third-order valence-corrected chi connectivity index (χ3v) is 1.87. The van der Waals surface area contributed by atoms with Gasteiger partial charge in [-0.15, -0.1) is 0 Å². The second-order valence-electron chi connectivity index (χ2n) is 3.16. The molecule has 0 saturated carbocycles. The molecule has 0 aliphatic heterocycles. The fourth-order valence-corrected chi connectivity index (χ4v) is 1.19. The van der Waals surface area contributed by atoms with Crippen molar-refractivity contribution < 1.29 is 14.3 Å². The summed E-state index contributed by atoms with van der Waals surface area (Å²) in [6.45, 7) is 5.10. The first-order valence-corrected chi connectivity index (χ1v) is 5.60. The van der Waals surface area contributed by atoms with Crippen LogP contribution in [0.25, 0.3) is 0 Å². The van der Waals surface area contributed by atoms with Crippen LogP contribution < -0.4 is 10.1 Å². The van der Waals surface area contributed by atoms with E-state index in [1.54, 1.807) is 13.0 Å². The Balaban J connectivity index is 2.35. The minimum absolute atomic E-state index is 0.223. The molecule has 6 nitrogen and oxygen atoms in total. The fourth-order valence-electron chi connectivity index (χ4n) is 1.19. The maximum Gasteiger partial charge on any atom is 0.307 e. The Kier molecular flexibility index (Phi) is 5.77. The number of hydrogen-bond donors (Lipinski definition) is 1. The third kappa shape index (κ3) is 5.14. The summed E-state index contributed by atoms with van der Waals surface area (Å²) in [7, 11) is 0. The summed E-state index contributed by atoms with van der Waals surface area (Å²) in [5.74, 6) is 0.924. The minimum Gasteiger partial charge on any atom is -0.478 e. The zero-order valence-electron chi connectivity index (χ0n) is 10.1. The van der Waals surface area contributed by atoms with Crippen LogP contribution in [-0.2, 0) is 9.53 Å². The molecule has 0 atom stereocenters. The van der Waals surface area contributed by atoms with Crippen molar-refractivity contribution in [2.24, 2.45) is 0 Å². The quantitative estimate of drug-likeness (QED) is 0.722. The molecule has 1 aromatic heterocycles. The van der Waals surface area contributed by atoms with Gasteiger partial charge in [0, 0.05) is 12.6 Å². The summed E-state index contributed by atoms with van der Waals surface area (Å²) in [5, 5.41) is 3.00. The standard InChI is InChI=1S/C11H17N3O3/c1-3-16-10-7-9(13-8-14-10)12-6-5-11(15)17-4-2/h7-8H,3-6H2,1-2H3,(H,12,13,14). The molecule has 0 aromatic carbocycles. The van der Waals surface area contributed by atoms with Gasteiger partial charge in [-0.2, -0.15) is 0 Å². The maximum absolute atomic E-state index is 11.1. The highest BCUT2D eigenvalue weighted by atomic mass is 16.5. The lowest BCUT2D eigenvalue weighted by atomic mass is 10.4. The van der Waals surface area contributed by atoms with Crippen molar-refractivity contribution >= 4 is 11.8 Å². The molecular formula is C11H17N3O3.